The monoisotopic (exact) mass is 276 g/mol. The van der Waals surface area contributed by atoms with Gasteiger partial charge < -0.3 is 5.11 Å². The molecule has 0 atom stereocenters. The lowest BCUT2D eigenvalue weighted by Crippen LogP contribution is -2.38. The van der Waals surface area contributed by atoms with Crippen molar-refractivity contribution in [1.82, 2.24) is 9.29 Å². The van der Waals surface area contributed by atoms with Crippen molar-refractivity contribution in [2.45, 2.75) is 24.0 Å². The van der Waals surface area contributed by atoms with Crippen LogP contribution in [0.1, 0.15) is 17.8 Å². The molecule has 7 heteroatoms. The average molecular weight is 276 g/mol. The molecule has 0 unspecified atom stereocenters. The molecule has 5 nitrogen and oxygen atoms in total. The second-order valence-corrected chi connectivity index (χ2v) is 7.63. The fourth-order valence-corrected chi connectivity index (χ4v) is 4.65. The Morgan fingerprint density at radius 2 is 2.18 bits per heavy atom. The molecule has 0 radical (unpaired) electrons. The number of sulfonamides is 1. The van der Waals surface area contributed by atoms with E-state index in [1.165, 1.54) is 21.8 Å². The van der Waals surface area contributed by atoms with Crippen molar-refractivity contribution in [3.05, 3.63) is 11.2 Å². The molecule has 0 saturated carbocycles. The van der Waals surface area contributed by atoms with Crippen LogP contribution in [0.2, 0.25) is 0 Å². The molecule has 1 N–H and O–H groups in total. The van der Waals surface area contributed by atoms with Gasteiger partial charge in [0, 0.05) is 19.7 Å². The Labute approximate surface area is 105 Å². The maximum atomic E-state index is 12.2. The summed E-state index contributed by atoms with van der Waals surface area (Å²) in [6.07, 6.45) is 2.88. The highest BCUT2D eigenvalue weighted by Crippen LogP contribution is 2.26. The van der Waals surface area contributed by atoms with Crippen molar-refractivity contribution in [2.24, 2.45) is 5.92 Å². The normalized spacial score (nSPS) is 19.6. The Bertz CT molecular complexity index is 475. The van der Waals surface area contributed by atoms with E-state index in [0.717, 1.165) is 17.8 Å². The number of aliphatic hydroxyl groups excluding tert-OH is 1. The highest BCUT2D eigenvalue weighted by Gasteiger charge is 2.30. The molecule has 0 aliphatic carbocycles. The van der Waals surface area contributed by atoms with Gasteiger partial charge in [-0.25, -0.2) is 13.4 Å². The number of aryl methyl sites for hydroxylation is 1. The molecule has 17 heavy (non-hydrogen) atoms. The Morgan fingerprint density at radius 1 is 1.53 bits per heavy atom. The standard InChI is InChI=1S/C10H16N2O3S2/c1-8-11-6-10(16-8)17(14,15)12-4-2-9(7-13)3-5-12/h6,9,13H,2-5,7H2,1H3. The number of piperidine rings is 1. The van der Waals surface area contributed by atoms with Gasteiger partial charge >= 0.3 is 0 Å². The second kappa shape index (κ2) is 5.01. The van der Waals surface area contributed by atoms with Gasteiger partial charge in [0.25, 0.3) is 10.0 Å². The molecule has 1 aliphatic heterocycles. The van der Waals surface area contributed by atoms with E-state index in [4.69, 9.17) is 5.11 Å². The molecule has 96 valence electrons. The van der Waals surface area contributed by atoms with Crippen molar-refractivity contribution < 1.29 is 13.5 Å². The molecule has 0 amide bonds. The quantitative estimate of drug-likeness (QED) is 0.888. The minimum atomic E-state index is -3.37. The van der Waals surface area contributed by atoms with Crippen LogP contribution in [-0.4, -0.2) is 42.5 Å². The van der Waals surface area contributed by atoms with Gasteiger partial charge in [-0.05, 0) is 25.7 Å². The van der Waals surface area contributed by atoms with E-state index in [9.17, 15) is 8.42 Å². The zero-order chi connectivity index (χ0) is 12.5. The largest absolute Gasteiger partial charge is 0.396 e. The smallest absolute Gasteiger partial charge is 0.254 e. The van der Waals surface area contributed by atoms with Crippen LogP contribution in [0, 0.1) is 12.8 Å². The van der Waals surface area contributed by atoms with Crippen LogP contribution >= 0.6 is 11.3 Å². The van der Waals surface area contributed by atoms with Crippen molar-refractivity contribution >= 4 is 21.4 Å². The maximum Gasteiger partial charge on any atom is 0.254 e. The fourth-order valence-electron chi connectivity index (χ4n) is 1.92. The summed E-state index contributed by atoms with van der Waals surface area (Å²) in [5, 5.41) is 9.78. The number of hydrogen-bond donors (Lipinski definition) is 1. The molecule has 1 aromatic heterocycles. The molecule has 1 aliphatic rings. The van der Waals surface area contributed by atoms with E-state index >= 15 is 0 Å². The van der Waals surface area contributed by atoms with Gasteiger partial charge in [0.1, 0.15) is 0 Å². The molecule has 0 bridgehead atoms. The summed E-state index contributed by atoms with van der Waals surface area (Å²) >= 11 is 1.20. The number of hydrogen-bond acceptors (Lipinski definition) is 5. The van der Waals surface area contributed by atoms with E-state index in [0.29, 0.717) is 17.3 Å². The first-order valence-corrected chi connectivity index (χ1v) is 7.83. The van der Waals surface area contributed by atoms with Gasteiger partial charge in [-0.15, -0.1) is 11.3 Å². The van der Waals surface area contributed by atoms with E-state index in [2.05, 4.69) is 4.98 Å². The molecule has 1 fully saturated rings. The van der Waals surface area contributed by atoms with Gasteiger partial charge in [-0.1, -0.05) is 0 Å². The first-order valence-electron chi connectivity index (χ1n) is 5.57. The van der Waals surface area contributed by atoms with Crippen molar-refractivity contribution in [2.75, 3.05) is 19.7 Å². The highest BCUT2D eigenvalue weighted by atomic mass is 32.2. The lowest BCUT2D eigenvalue weighted by Gasteiger charge is -2.29. The van der Waals surface area contributed by atoms with Gasteiger partial charge in [0.15, 0.2) is 4.21 Å². The Balaban J connectivity index is 2.12. The molecule has 2 rings (SSSR count). The average Bonchev–Trinajstić information content (AvgIpc) is 2.77. The summed E-state index contributed by atoms with van der Waals surface area (Å²) in [6.45, 7) is 2.92. The number of rotatable bonds is 3. The lowest BCUT2D eigenvalue weighted by molar-refractivity contribution is 0.170. The third-order valence-corrected chi connectivity index (χ3v) is 6.27. The zero-order valence-corrected chi connectivity index (χ0v) is 11.3. The summed E-state index contributed by atoms with van der Waals surface area (Å²) in [5.41, 5.74) is 0. The minimum Gasteiger partial charge on any atom is -0.396 e. The van der Waals surface area contributed by atoms with Gasteiger partial charge in [-0.3, -0.25) is 0 Å². The summed E-state index contributed by atoms with van der Waals surface area (Å²) in [6, 6.07) is 0. The molecule has 0 spiro atoms. The number of aromatic nitrogens is 1. The molecule has 1 aromatic rings. The zero-order valence-electron chi connectivity index (χ0n) is 9.66. The van der Waals surface area contributed by atoms with E-state index in [1.54, 1.807) is 6.92 Å². The molecule has 0 aromatic carbocycles. The minimum absolute atomic E-state index is 0.146. The first kappa shape index (κ1) is 12.9. The van der Waals surface area contributed by atoms with Gasteiger partial charge in [0.2, 0.25) is 0 Å². The summed E-state index contributed by atoms with van der Waals surface area (Å²) in [4.78, 5) is 3.98. The molecular formula is C10H16N2O3S2. The highest BCUT2D eigenvalue weighted by molar-refractivity contribution is 7.91. The first-order chi connectivity index (χ1) is 8.04. The Morgan fingerprint density at radius 3 is 2.65 bits per heavy atom. The molecular weight excluding hydrogens is 260 g/mol. The Kier molecular flexibility index (Phi) is 3.82. The molecule has 2 heterocycles. The van der Waals surface area contributed by atoms with Crippen molar-refractivity contribution in [1.29, 1.82) is 0 Å². The van der Waals surface area contributed by atoms with Crippen LogP contribution < -0.4 is 0 Å². The second-order valence-electron chi connectivity index (χ2n) is 4.23. The van der Waals surface area contributed by atoms with Crippen LogP contribution in [0.25, 0.3) is 0 Å². The van der Waals surface area contributed by atoms with Crippen molar-refractivity contribution in [3.8, 4) is 0 Å². The van der Waals surface area contributed by atoms with Crippen LogP contribution in [0.5, 0.6) is 0 Å². The third kappa shape index (κ3) is 2.67. The fraction of sp³-hybridized carbons (Fsp3) is 0.700. The maximum absolute atomic E-state index is 12.2. The van der Waals surface area contributed by atoms with Crippen LogP contribution in [0.15, 0.2) is 10.4 Å². The molecule has 1 saturated heterocycles. The van der Waals surface area contributed by atoms with E-state index in [1.807, 2.05) is 0 Å². The summed E-state index contributed by atoms with van der Waals surface area (Å²) in [5.74, 6) is 0.240. The lowest BCUT2D eigenvalue weighted by atomic mass is 10.00. The predicted molar refractivity (Wildman–Crippen MR) is 65.4 cm³/mol. The predicted octanol–water partition coefficient (Wildman–Crippen LogP) is 0.845. The number of thiazole rings is 1. The SMILES string of the molecule is Cc1ncc(S(=O)(=O)N2CCC(CO)CC2)s1. The topological polar surface area (TPSA) is 70.5 Å². The van der Waals surface area contributed by atoms with Crippen LogP contribution in [0.4, 0.5) is 0 Å². The van der Waals surface area contributed by atoms with Gasteiger partial charge in [-0.2, -0.15) is 4.31 Å². The van der Waals surface area contributed by atoms with Crippen molar-refractivity contribution in [3.63, 3.8) is 0 Å². The third-order valence-electron chi connectivity index (χ3n) is 3.03. The Hall–Kier alpha value is -0.500. The van der Waals surface area contributed by atoms with E-state index in [-0.39, 0.29) is 12.5 Å². The van der Waals surface area contributed by atoms with Crippen LogP contribution in [-0.2, 0) is 10.0 Å². The number of nitrogens with zero attached hydrogens (tertiary/aromatic N) is 2. The van der Waals surface area contributed by atoms with Crippen LogP contribution in [0.3, 0.4) is 0 Å². The van der Waals surface area contributed by atoms with E-state index < -0.39 is 10.0 Å². The van der Waals surface area contributed by atoms with Gasteiger partial charge in [0.05, 0.1) is 11.2 Å². The number of aliphatic hydroxyl groups is 1. The summed E-state index contributed by atoms with van der Waals surface area (Å²) < 4.78 is 26.3. The summed E-state index contributed by atoms with van der Waals surface area (Å²) in [7, 11) is -3.37.